The SMILES string of the molecule is COc1ccc(S(=O)(=O)N2CCC(C)C2)cc1CCl. The second-order valence-corrected chi connectivity index (χ2v) is 7.07. The standard InChI is InChI=1S/C13H18ClNO3S/c1-10-5-6-15(9-10)19(16,17)12-3-4-13(18-2)11(7-12)8-14/h3-4,7,10H,5-6,8-9H2,1-2H3. The van der Waals surface area contributed by atoms with Crippen LogP contribution < -0.4 is 4.74 Å². The Balaban J connectivity index is 2.35. The molecule has 1 atom stereocenters. The summed E-state index contributed by atoms with van der Waals surface area (Å²) in [4.78, 5) is 0.290. The number of halogens is 1. The Morgan fingerprint density at radius 2 is 2.21 bits per heavy atom. The highest BCUT2D eigenvalue weighted by atomic mass is 35.5. The van der Waals surface area contributed by atoms with E-state index in [0.717, 1.165) is 6.42 Å². The van der Waals surface area contributed by atoms with Gasteiger partial charge >= 0.3 is 0 Å². The van der Waals surface area contributed by atoms with Gasteiger partial charge in [0.2, 0.25) is 10.0 Å². The maximum atomic E-state index is 12.5. The smallest absolute Gasteiger partial charge is 0.243 e. The van der Waals surface area contributed by atoms with Gasteiger partial charge in [0, 0.05) is 18.7 Å². The molecular weight excluding hydrogens is 286 g/mol. The van der Waals surface area contributed by atoms with E-state index in [-0.39, 0.29) is 10.8 Å². The van der Waals surface area contributed by atoms with Gasteiger partial charge in [0.25, 0.3) is 0 Å². The number of rotatable bonds is 4. The molecule has 1 aliphatic rings. The molecule has 2 rings (SSSR count). The molecule has 0 amide bonds. The first-order valence-corrected chi connectivity index (χ1v) is 8.19. The first-order chi connectivity index (χ1) is 8.98. The monoisotopic (exact) mass is 303 g/mol. The van der Waals surface area contributed by atoms with Crippen molar-refractivity contribution in [3.8, 4) is 5.75 Å². The summed E-state index contributed by atoms with van der Waals surface area (Å²) in [6, 6.07) is 4.83. The van der Waals surface area contributed by atoms with Gasteiger partial charge in [-0.15, -0.1) is 11.6 Å². The van der Waals surface area contributed by atoms with Crippen LogP contribution in [0, 0.1) is 5.92 Å². The van der Waals surface area contributed by atoms with Crippen LogP contribution in [0.3, 0.4) is 0 Å². The number of methoxy groups -OCH3 is 1. The summed E-state index contributed by atoms with van der Waals surface area (Å²) in [5.74, 6) is 1.26. The van der Waals surface area contributed by atoms with E-state index in [1.807, 2.05) is 0 Å². The average molecular weight is 304 g/mol. The summed E-state index contributed by atoms with van der Waals surface area (Å²) < 4.78 is 31.7. The van der Waals surface area contributed by atoms with Gasteiger partial charge in [0.05, 0.1) is 17.9 Å². The number of alkyl halides is 1. The number of ether oxygens (including phenoxy) is 1. The lowest BCUT2D eigenvalue weighted by Gasteiger charge is -2.17. The minimum atomic E-state index is -3.41. The van der Waals surface area contributed by atoms with Gasteiger partial charge in [0.1, 0.15) is 5.75 Å². The summed E-state index contributed by atoms with van der Waals surface area (Å²) in [6.07, 6.45) is 0.914. The van der Waals surface area contributed by atoms with Crippen LogP contribution in [0.1, 0.15) is 18.9 Å². The molecule has 1 fully saturated rings. The molecule has 0 aliphatic carbocycles. The molecule has 1 aliphatic heterocycles. The molecule has 0 radical (unpaired) electrons. The van der Waals surface area contributed by atoms with E-state index < -0.39 is 10.0 Å². The van der Waals surface area contributed by atoms with Crippen LogP contribution in [0.5, 0.6) is 5.75 Å². The van der Waals surface area contributed by atoms with Crippen molar-refractivity contribution < 1.29 is 13.2 Å². The molecule has 6 heteroatoms. The van der Waals surface area contributed by atoms with Gasteiger partial charge in [-0.2, -0.15) is 4.31 Å². The van der Waals surface area contributed by atoms with E-state index in [9.17, 15) is 8.42 Å². The van der Waals surface area contributed by atoms with E-state index in [0.29, 0.717) is 30.3 Å². The molecule has 106 valence electrons. The zero-order valence-corrected chi connectivity index (χ0v) is 12.7. The first-order valence-electron chi connectivity index (χ1n) is 6.22. The molecule has 1 heterocycles. The van der Waals surface area contributed by atoms with Crippen LogP contribution in [0.15, 0.2) is 23.1 Å². The number of sulfonamides is 1. The minimum absolute atomic E-state index is 0.225. The Labute approximate surface area is 119 Å². The van der Waals surface area contributed by atoms with Gasteiger partial charge in [-0.3, -0.25) is 0 Å². The van der Waals surface area contributed by atoms with E-state index >= 15 is 0 Å². The first kappa shape index (κ1) is 14.6. The summed E-state index contributed by atoms with van der Waals surface area (Å²) in [7, 11) is -1.87. The molecule has 0 aromatic heterocycles. The van der Waals surface area contributed by atoms with Crippen molar-refractivity contribution in [3.05, 3.63) is 23.8 Å². The second-order valence-electron chi connectivity index (χ2n) is 4.86. The quantitative estimate of drug-likeness (QED) is 0.803. The molecule has 1 unspecified atom stereocenters. The fourth-order valence-corrected chi connectivity index (χ4v) is 4.12. The van der Waals surface area contributed by atoms with Gasteiger partial charge in [-0.05, 0) is 30.5 Å². The molecule has 0 bridgehead atoms. The van der Waals surface area contributed by atoms with Crippen LogP contribution in [-0.4, -0.2) is 32.9 Å². The van der Waals surface area contributed by atoms with Crippen molar-refractivity contribution >= 4 is 21.6 Å². The molecule has 1 saturated heterocycles. The largest absolute Gasteiger partial charge is 0.496 e. The number of hydrogen-bond acceptors (Lipinski definition) is 3. The molecule has 1 aromatic carbocycles. The number of hydrogen-bond donors (Lipinski definition) is 0. The normalized spacial score (nSPS) is 20.7. The summed E-state index contributed by atoms with van der Waals surface area (Å²) in [6.45, 7) is 3.24. The van der Waals surface area contributed by atoms with E-state index in [1.54, 1.807) is 25.3 Å². The molecular formula is C13H18ClNO3S. The van der Waals surface area contributed by atoms with Crippen molar-refractivity contribution in [2.45, 2.75) is 24.1 Å². The van der Waals surface area contributed by atoms with Crippen molar-refractivity contribution in [1.82, 2.24) is 4.31 Å². The lowest BCUT2D eigenvalue weighted by molar-refractivity contribution is 0.410. The Bertz CT molecular complexity index is 559. The summed E-state index contributed by atoms with van der Waals surface area (Å²) >= 11 is 5.83. The maximum Gasteiger partial charge on any atom is 0.243 e. The average Bonchev–Trinajstić information content (AvgIpc) is 2.85. The third-order valence-electron chi connectivity index (χ3n) is 3.42. The highest BCUT2D eigenvalue weighted by molar-refractivity contribution is 7.89. The molecule has 0 spiro atoms. The Hall–Kier alpha value is -0.780. The highest BCUT2D eigenvalue weighted by Gasteiger charge is 2.30. The molecule has 1 aromatic rings. The Kier molecular flexibility index (Phi) is 4.38. The predicted molar refractivity (Wildman–Crippen MR) is 75.1 cm³/mol. The lowest BCUT2D eigenvalue weighted by atomic mass is 10.2. The molecule has 4 nitrogen and oxygen atoms in total. The van der Waals surface area contributed by atoms with Crippen LogP contribution in [0.4, 0.5) is 0 Å². The summed E-state index contributed by atoms with van der Waals surface area (Å²) in [5, 5.41) is 0. The maximum absolute atomic E-state index is 12.5. The second kappa shape index (κ2) is 5.69. The van der Waals surface area contributed by atoms with Crippen molar-refractivity contribution in [2.75, 3.05) is 20.2 Å². The van der Waals surface area contributed by atoms with Crippen molar-refractivity contribution in [2.24, 2.45) is 5.92 Å². The van der Waals surface area contributed by atoms with Gasteiger partial charge in [0.15, 0.2) is 0 Å². The summed E-state index contributed by atoms with van der Waals surface area (Å²) in [5.41, 5.74) is 0.692. The Morgan fingerprint density at radius 1 is 1.47 bits per heavy atom. The number of benzene rings is 1. The third kappa shape index (κ3) is 2.88. The lowest BCUT2D eigenvalue weighted by Crippen LogP contribution is -2.28. The molecule has 19 heavy (non-hydrogen) atoms. The third-order valence-corrected chi connectivity index (χ3v) is 5.57. The fraction of sp³-hybridized carbons (Fsp3) is 0.538. The molecule has 0 N–H and O–H groups in total. The van der Waals surface area contributed by atoms with Gasteiger partial charge in [-0.1, -0.05) is 6.92 Å². The van der Waals surface area contributed by atoms with Crippen LogP contribution in [0.25, 0.3) is 0 Å². The topological polar surface area (TPSA) is 46.6 Å². The minimum Gasteiger partial charge on any atom is -0.496 e. The van der Waals surface area contributed by atoms with Crippen molar-refractivity contribution in [1.29, 1.82) is 0 Å². The van der Waals surface area contributed by atoms with Crippen LogP contribution >= 0.6 is 11.6 Å². The van der Waals surface area contributed by atoms with Gasteiger partial charge in [-0.25, -0.2) is 8.42 Å². The van der Waals surface area contributed by atoms with E-state index in [4.69, 9.17) is 16.3 Å². The predicted octanol–water partition coefficient (Wildman–Crippen LogP) is 2.46. The zero-order chi connectivity index (χ0) is 14.0. The van der Waals surface area contributed by atoms with Crippen LogP contribution in [-0.2, 0) is 15.9 Å². The molecule has 0 saturated carbocycles. The van der Waals surface area contributed by atoms with E-state index in [2.05, 4.69) is 6.92 Å². The van der Waals surface area contributed by atoms with E-state index in [1.165, 1.54) is 4.31 Å². The fourth-order valence-electron chi connectivity index (χ4n) is 2.28. The van der Waals surface area contributed by atoms with Gasteiger partial charge < -0.3 is 4.74 Å². The highest BCUT2D eigenvalue weighted by Crippen LogP contribution is 2.28. The zero-order valence-electron chi connectivity index (χ0n) is 11.1. The number of nitrogens with zero attached hydrogens (tertiary/aromatic N) is 1. The van der Waals surface area contributed by atoms with Crippen molar-refractivity contribution in [3.63, 3.8) is 0 Å². The Morgan fingerprint density at radius 3 is 2.74 bits per heavy atom. The van der Waals surface area contributed by atoms with Crippen LogP contribution in [0.2, 0.25) is 0 Å².